The largest absolute Gasteiger partial charge is 0.508 e. The number of nitrogens with two attached hydrogens (primary N) is 1. The summed E-state index contributed by atoms with van der Waals surface area (Å²) in [7, 11) is 0. The molecule has 0 unspecified atom stereocenters. The molecule has 1 aromatic carbocycles. The van der Waals surface area contributed by atoms with Crippen LogP contribution in [0.25, 0.3) is 0 Å². The summed E-state index contributed by atoms with van der Waals surface area (Å²) in [6.07, 6.45) is -3.19. The Hall–Kier alpha value is -6.32. The average molecular weight is 824 g/mol. The molecule has 58 heavy (non-hydrogen) atoms. The van der Waals surface area contributed by atoms with Gasteiger partial charge in [0, 0.05) is 12.8 Å². The molecule has 0 aliphatic rings. The molecule has 0 fully saturated rings. The van der Waals surface area contributed by atoms with Crippen LogP contribution in [0.1, 0.15) is 71.8 Å². The molecule has 0 aliphatic carbocycles. The number of carboxylic acids is 4. The number of hydrogen-bond acceptors (Lipinski definition) is 12. The summed E-state index contributed by atoms with van der Waals surface area (Å²) >= 11 is 0. The zero-order valence-electron chi connectivity index (χ0n) is 32.5. The third-order valence-electron chi connectivity index (χ3n) is 8.64. The molecule has 13 N–H and O–H groups in total. The Bertz CT molecular complexity index is 1650. The lowest BCUT2D eigenvalue weighted by molar-refractivity contribution is -0.143. The molecule has 0 heterocycles. The number of aromatic hydroxyl groups is 1. The molecule has 1 aromatic rings. The van der Waals surface area contributed by atoms with Crippen molar-refractivity contribution in [1.29, 1.82) is 0 Å². The van der Waals surface area contributed by atoms with Gasteiger partial charge in [0.15, 0.2) is 0 Å². The van der Waals surface area contributed by atoms with Crippen LogP contribution in [0, 0.1) is 11.8 Å². The highest BCUT2D eigenvalue weighted by Crippen LogP contribution is 2.13. The van der Waals surface area contributed by atoms with Crippen molar-refractivity contribution in [3.8, 4) is 5.75 Å². The first-order chi connectivity index (χ1) is 27.0. The van der Waals surface area contributed by atoms with Crippen molar-refractivity contribution in [2.45, 2.75) is 109 Å². The van der Waals surface area contributed by atoms with Crippen molar-refractivity contribution in [1.82, 2.24) is 31.9 Å². The van der Waals surface area contributed by atoms with Crippen LogP contribution in [0.3, 0.4) is 0 Å². The van der Waals surface area contributed by atoms with Crippen LogP contribution in [0.4, 0.5) is 0 Å². The molecule has 0 saturated heterocycles. The van der Waals surface area contributed by atoms with Crippen LogP contribution >= 0.6 is 0 Å². The summed E-state index contributed by atoms with van der Waals surface area (Å²) in [5, 5.41) is 60.7. The summed E-state index contributed by atoms with van der Waals surface area (Å²) in [6, 6.07) is -4.23. The number of nitrogens with one attached hydrogen (secondary N) is 6. The topological polar surface area (TPSA) is 370 Å². The van der Waals surface area contributed by atoms with Crippen molar-refractivity contribution in [2.24, 2.45) is 17.6 Å². The number of phenolic OH excluding ortho intramolecular Hbond substituents is 1. The lowest BCUT2D eigenvalue weighted by Crippen LogP contribution is -2.59. The minimum Gasteiger partial charge on any atom is -0.508 e. The summed E-state index contributed by atoms with van der Waals surface area (Å²) in [4.78, 5) is 125. The van der Waals surface area contributed by atoms with E-state index in [9.17, 15) is 73.5 Å². The van der Waals surface area contributed by atoms with Crippen molar-refractivity contribution in [3.05, 3.63) is 29.8 Å². The van der Waals surface area contributed by atoms with Crippen molar-refractivity contribution in [2.75, 3.05) is 6.54 Å². The van der Waals surface area contributed by atoms with E-state index in [4.69, 9.17) is 5.73 Å². The van der Waals surface area contributed by atoms with Crippen LogP contribution in [-0.2, 0) is 54.4 Å². The van der Waals surface area contributed by atoms with E-state index in [2.05, 4.69) is 31.9 Å². The molecule has 0 bridgehead atoms. The summed E-state index contributed by atoms with van der Waals surface area (Å²) < 4.78 is 0. The van der Waals surface area contributed by atoms with Gasteiger partial charge >= 0.3 is 23.9 Å². The van der Waals surface area contributed by atoms with Gasteiger partial charge in [0.25, 0.3) is 0 Å². The molecule has 7 atom stereocenters. The molecule has 322 valence electrons. The zero-order chi connectivity index (χ0) is 44.3. The minimum absolute atomic E-state index is 0.103. The Morgan fingerprint density at radius 3 is 1.53 bits per heavy atom. The summed E-state index contributed by atoms with van der Waals surface area (Å²) in [5.41, 5.74) is 6.23. The third-order valence-corrected chi connectivity index (χ3v) is 8.64. The van der Waals surface area contributed by atoms with Crippen LogP contribution in [0.15, 0.2) is 24.3 Å². The van der Waals surface area contributed by atoms with Gasteiger partial charge in [-0.1, -0.05) is 46.2 Å². The third kappa shape index (κ3) is 18.5. The van der Waals surface area contributed by atoms with Gasteiger partial charge in [-0.3, -0.25) is 43.2 Å². The molecule has 1 rings (SSSR count). The predicted octanol–water partition coefficient (Wildman–Crippen LogP) is -2.21. The second-order valence-electron chi connectivity index (χ2n) is 14.0. The quantitative estimate of drug-likeness (QED) is 0.0471. The fourth-order valence-electron chi connectivity index (χ4n) is 5.21. The SMILES string of the molecule is CC[C@H](C)[C@H](N)C(=O)NCC(=O)N[C@@H](CCC(=O)O)C(=O)N[C@@H](CC(=O)O)C(=O)N[C@@H](CC(C)C)C(=O)N[C@@H](CC(=O)O)C(=O)N[C@@H](Cc1ccc(O)cc1)C(=O)O. The predicted molar refractivity (Wildman–Crippen MR) is 200 cm³/mol. The molecular formula is C36H53N7O15. The lowest BCUT2D eigenvalue weighted by Gasteiger charge is -2.27. The van der Waals surface area contributed by atoms with Crippen molar-refractivity contribution in [3.63, 3.8) is 0 Å². The van der Waals surface area contributed by atoms with E-state index < -0.39 is 128 Å². The Morgan fingerprint density at radius 1 is 0.621 bits per heavy atom. The van der Waals surface area contributed by atoms with E-state index in [0.29, 0.717) is 12.0 Å². The Balaban J connectivity index is 3.24. The number of hydrogen-bond donors (Lipinski definition) is 12. The summed E-state index contributed by atoms with van der Waals surface area (Å²) in [6.45, 7) is 6.11. The van der Waals surface area contributed by atoms with Crippen LogP contribution < -0.4 is 37.6 Å². The maximum absolute atomic E-state index is 13.5. The molecule has 22 heteroatoms. The van der Waals surface area contributed by atoms with E-state index >= 15 is 0 Å². The van der Waals surface area contributed by atoms with Crippen molar-refractivity contribution >= 4 is 59.3 Å². The average Bonchev–Trinajstić information content (AvgIpc) is 3.13. The van der Waals surface area contributed by atoms with Gasteiger partial charge in [-0.2, -0.15) is 0 Å². The van der Waals surface area contributed by atoms with Crippen LogP contribution in [0.5, 0.6) is 5.75 Å². The van der Waals surface area contributed by atoms with Gasteiger partial charge in [0.05, 0.1) is 25.4 Å². The monoisotopic (exact) mass is 823 g/mol. The van der Waals surface area contributed by atoms with Gasteiger partial charge in [-0.15, -0.1) is 0 Å². The maximum atomic E-state index is 13.5. The number of amides is 6. The minimum atomic E-state index is -1.93. The highest BCUT2D eigenvalue weighted by molar-refractivity contribution is 5.98. The fourth-order valence-corrected chi connectivity index (χ4v) is 5.21. The number of carbonyl (C=O) groups is 10. The number of carbonyl (C=O) groups excluding carboxylic acids is 6. The fraction of sp³-hybridized carbons (Fsp3) is 0.556. The number of rotatable bonds is 26. The molecule has 0 spiro atoms. The number of carboxylic acid groups (broad SMARTS) is 4. The second-order valence-corrected chi connectivity index (χ2v) is 14.0. The first kappa shape index (κ1) is 49.7. The van der Waals surface area contributed by atoms with E-state index in [1.807, 2.05) is 0 Å². The molecule has 0 aromatic heterocycles. The molecule has 0 radical (unpaired) electrons. The van der Waals surface area contributed by atoms with Crippen molar-refractivity contribution < 1.29 is 73.5 Å². The number of benzene rings is 1. The Morgan fingerprint density at radius 2 is 1.09 bits per heavy atom. The first-order valence-electron chi connectivity index (χ1n) is 18.2. The van der Waals surface area contributed by atoms with E-state index in [1.54, 1.807) is 27.7 Å². The number of phenols is 1. The van der Waals surface area contributed by atoms with Gasteiger partial charge in [0.1, 0.15) is 36.0 Å². The van der Waals surface area contributed by atoms with E-state index in [1.165, 1.54) is 24.3 Å². The van der Waals surface area contributed by atoms with Crippen LogP contribution in [0.2, 0.25) is 0 Å². The maximum Gasteiger partial charge on any atom is 0.326 e. The first-order valence-corrected chi connectivity index (χ1v) is 18.2. The normalized spacial score (nSPS) is 14.5. The molecule has 0 saturated carbocycles. The highest BCUT2D eigenvalue weighted by atomic mass is 16.4. The Labute approximate surface area is 333 Å². The van der Waals surface area contributed by atoms with E-state index in [-0.39, 0.29) is 30.4 Å². The highest BCUT2D eigenvalue weighted by Gasteiger charge is 2.34. The molecule has 6 amide bonds. The molecular weight excluding hydrogens is 770 g/mol. The van der Waals surface area contributed by atoms with Crippen LogP contribution in [-0.4, -0.2) is 128 Å². The smallest absolute Gasteiger partial charge is 0.326 e. The second kappa shape index (κ2) is 24.3. The number of aliphatic carboxylic acids is 4. The zero-order valence-corrected chi connectivity index (χ0v) is 32.5. The summed E-state index contributed by atoms with van der Waals surface area (Å²) in [5.74, 6) is -13.1. The standard InChI is InChI=1S/C36H53N7O15/c1-5-18(4)30(37)35(56)38-16-26(45)39-21(10-11-27(46)47)31(52)41-23(14-28(48)49)33(54)40-22(12-17(2)3)32(53)42-24(15-29(50)51)34(55)43-25(36(57)58)13-19-6-8-20(44)9-7-19/h6-9,17-18,21-25,30,44H,5,10-16,37H2,1-4H3,(H,38,56)(H,39,45)(H,40,54)(H,41,52)(H,42,53)(H,43,55)(H,46,47)(H,48,49)(H,50,51)(H,57,58)/t18-,21-,22-,23-,24-,25-,30-/m0/s1. The van der Waals surface area contributed by atoms with Gasteiger partial charge in [0.2, 0.25) is 35.4 Å². The van der Waals surface area contributed by atoms with Gasteiger partial charge in [-0.05, 0) is 42.4 Å². The lowest BCUT2D eigenvalue weighted by atomic mass is 9.99. The Kier molecular flexibility index (Phi) is 20.9. The van der Waals surface area contributed by atoms with Gasteiger partial charge in [-0.25, -0.2) is 4.79 Å². The molecule has 22 nitrogen and oxygen atoms in total. The van der Waals surface area contributed by atoms with Gasteiger partial charge < -0.3 is 63.2 Å². The molecule has 0 aliphatic heterocycles. The van der Waals surface area contributed by atoms with E-state index in [0.717, 1.165) is 0 Å².